The normalized spacial score (nSPS) is 16.0. The molecule has 0 saturated heterocycles. The lowest BCUT2D eigenvalue weighted by Gasteiger charge is -2.19. The summed E-state index contributed by atoms with van der Waals surface area (Å²) >= 11 is 0. The average molecular weight is 815 g/mol. The molecule has 0 saturated carbocycles. The summed E-state index contributed by atoms with van der Waals surface area (Å²) in [6.07, 6.45) is 2.56. The van der Waals surface area contributed by atoms with E-state index in [0.29, 0.717) is 49.4 Å². The van der Waals surface area contributed by atoms with Crippen molar-refractivity contribution < 1.29 is 45.4 Å². The Kier molecular flexibility index (Phi) is 11.4. The maximum Gasteiger partial charge on any atom is 0.263 e. The van der Waals surface area contributed by atoms with Gasteiger partial charge in [-0.1, -0.05) is 49.3 Å². The van der Waals surface area contributed by atoms with E-state index in [-0.39, 0.29) is 66.5 Å². The number of pyridine rings is 2. The minimum absolute atomic E-state index is 0.0293. The molecule has 14 nitrogen and oxygen atoms in total. The quantitative estimate of drug-likeness (QED) is 0.0892. The third kappa shape index (κ3) is 9.77. The Labute approximate surface area is 321 Å². The Balaban J connectivity index is 0.956. The van der Waals surface area contributed by atoms with Crippen LogP contribution in [0.5, 0.6) is 23.0 Å². The molecule has 0 atom stereocenters. The van der Waals surface area contributed by atoms with Crippen LogP contribution in [0.4, 0.5) is 11.6 Å². The van der Waals surface area contributed by atoms with Crippen LogP contribution in [-0.4, -0.2) is 76.3 Å². The highest BCUT2D eigenvalue weighted by Crippen LogP contribution is 2.37. The summed E-state index contributed by atoms with van der Waals surface area (Å²) in [5, 5.41) is 0. The van der Waals surface area contributed by atoms with Crippen molar-refractivity contribution in [3.8, 4) is 23.0 Å². The van der Waals surface area contributed by atoms with Crippen LogP contribution in [0.1, 0.15) is 48.4 Å². The van der Waals surface area contributed by atoms with Gasteiger partial charge >= 0.3 is 0 Å². The first-order valence-electron chi connectivity index (χ1n) is 16.6. The molecule has 0 bridgehead atoms. The van der Waals surface area contributed by atoms with Gasteiger partial charge in [0.2, 0.25) is 0 Å². The van der Waals surface area contributed by atoms with Crippen LogP contribution >= 0.6 is 21.6 Å². The number of hydrogen-bond acceptors (Lipinski definition) is 14. The van der Waals surface area contributed by atoms with Crippen molar-refractivity contribution in [1.82, 2.24) is 9.97 Å². The number of anilines is 2. The molecule has 2 N–H and O–H groups in total. The first kappa shape index (κ1) is 39.2. The lowest BCUT2D eigenvalue weighted by atomic mass is 9.97. The Morgan fingerprint density at radius 1 is 0.593 bits per heavy atom. The van der Waals surface area contributed by atoms with Crippen molar-refractivity contribution in [2.24, 2.45) is 10.8 Å². The number of hydrogen-bond donors (Lipinski definition) is 2. The molecule has 18 heteroatoms. The largest absolute Gasteiger partial charge is 0.489 e. The second kappa shape index (κ2) is 15.7. The summed E-state index contributed by atoms with van der Waals surface area (Å²) < 4.78 is 80.2. The van der Waals surface area contributed by atoms with E-state index in [0.717, 1.165) is 0 Å². The SMILES string of the molecule is CC1(C)COc2ccc(S(=O)(=O)Nc3ccc(C(=O)CSSCC(=O)c4ccc(NS(=O)(=O)c5ccc6c(c5)OCC(C)(C)CO6)nc4)cn3)cc2OC1. The molecule has 0 aliphatic carbocycles. The first-order valence-corrected chi connectivity index (χ1v) is 22.0. The molecule has 54 heavy (non-hydrogen) atoms. The maximum atomic E-state index is 13.1. The van der Waals surface area contributed by atoms with E-state index in [2.05, 4.69) is 19.4 Å². The number of nitrogens with zero attached hydrogens (tertiary/aromatic N) is 2. The fourth-order valence-electron chi connectivity index (χ4n) is 4.94. The van der Waals surface area contributed by atoms with Gasteiger partial charge in [0.15, 0.2) is 34.6 Å². The molecular weight excluding hydrogens is 777 g/mol. The van der Waals surface area contributed by atoms with E-state index < -0.39 is 20.0 Å². The van der Waals surface area contributed by atoms with Crippen LogP contribution in [0.25, 0.3) is 0 Å². The molecule has 6 rings (SSSR count). The summed E-state index contributed by atoms with van der Waals surface area (Å²) in [4.78, 5) is 33.6. The predicted molar refractivity (Wildman–Crippen MR) is 206 cm³/mol. The van der Waals surface area contributed by atoms with Crippen molar-refractivity contribution in [2.45, 2.75) is 37.5 Å². The predicted octanol–water partition coefficient (Wildman–Crippen LogP) is 6.12. The second-order valence-electron chi connectivity index (χ2n) is 14.1. The summed E-state index contributed by atoms with van der Waals surface area (Å²) in [6.45, 7) is 9.54. The number of sulfonamides is 2. The van der Waals surface area contributed by atoms with Crippen LogP contribution < -0.4 is 28.4 Å². The van der Waals surface area contributed by atoms with Gasteiger partial charge in [-0.2, -0.15) is 0 Å². The van der Waals surface area contributed by atoms with Crippen LogP contribution in [0.15, 0.2) is 82.8 Å². The zero-order valence-corrected chi connectivity index (χ0v) is 33.0. The Bertz CT molecular complexity index is 2100. The molecule has 4 heterocycles. The molecule has 0 unspecified atom stereocenters. The number of fused-ring (bicyclic) bond motifs is 2. The summed E-state index contributed by atoms with van der Waals surface area (Å²) in [5.41, 5.74) is 0.0782. The van der Waals surface area contributed by atoms with Crippen molar-refractivity contribution in [3.63, 3.8) is 0 Å². The lowest BCUT2D eigenvalue weighted by molar-refractivity contribution is 0.101. The summed E-state index contributed by atoms with van der Waals surface area (Å²) in [5.74, 6) is 1.20. The molecule has 2 aliphatic rings. The number of Topliss-reactive ketones (excluding diaryl/α,β-unsaturated/α-hetero) is 2. The van der Waals surface area contributed by atoms with Crippen LogP contribution in [-0.2, 0) is 20.0 Å². The summed E-state index contributed by atoms with van der Waals surface area (Å²) in [7, 11) is -5.67. The topological polar surface area (TPSA) is 189 Å². The van der Waals surface area contributed by atoms with E-state index in [1.807, 2.05) is 27.7 Å². The van der Waals surface area contributed by atoms with Crippen LogP contribution in [0.2, 0.25) is 0 Å². The second-order valence-corrected chi connectivity index (χ2v) is 20.0. The number of aromatic nitrogens is 2. The van der Waals surface area contributed by atoms with Crippen molar-refractivity contribution >= 4 is 64.8 Å². The Morgan fingerprint density at radius 2 is 0.963 bits per heavy atom. The highest BCUT2D eigenvalue weighted by atomic mass is 33.1. The molecule has 2 aromatic heterocycles. The first-order chi connectivity index (χ1) is 25.5. The van der Waals surface area contributed by atoms with Gasteiger partial charge in [0, 0.05) is 46.5 Å². The molecule has 0 amide bonds. The molecule has 0 radical (unpaired) electrons. The van der Waals surface area contributed by atoms with Crippen LogP contribution in [0, 0.1) is 10.8 Å². The number of ketones is 2. The number of ether oxygens (including phenoxy) is 4. The van der Waals surface area contributed by atoms with Crippen molar-refractivity contribution in [1.29, 1.82) is 0 Å². The molecule has 0 spiro atoms. The highest BCUT2D eigenvalue weighted by Gasteiger charge is 2.28. The van der Waals surface area contributed by atoms with Gasteiger partial charge in [0.1, 0.15) is 11.6 Å². The highest BCUT2D eigenvalue weighted by molar-refractivity contribution is 8.77. The van der Waals surface area contributed by atoms with Gasteiger partial charge in [-0.25, -0.2) is 26.8 Å². The van der Waals surface area contributed by atoms with Gasteiger partial charge in [0.05, 0.1) is 47.7 Å². The van der Waals surface area contributed by atoms with Crippen molar-refractivity contribution in [2.75, 3.05) is 47.4 Å². The Hall–Kier alpha value is -4.52. The third-order valence-electron chi connectivity index (χ3n) is 8.04. The smallest absolute Gasteiger partial charge is 0.263 e. The minimum Gasteiger partial charge on any atom is -0.489 e. The standard InChI is InChI=1S/C36H38N4O10S4/c1-35(2)19-47-29-9-7-25(13-31(29)49-21-35)53(43,44)39-33-11-5-23(15-37-33)27(41)17-51-52-18-28(42)24-6-12-34(38-16-24)40-54(45,46)26-8-10-30-32(14-26)50-22-36(3,4)20-48-30/h5-16H,17-22H2,1-4H3,(H,37,39)(H,38,40). The molecule has 286 valence electrons. The maximum absolute atomic E-state index is 13.1. The molecule has 2 aromatic carbocycles. The van der Waals surface area contributed by atoms with Gasteiger partial charge in [-0.05, 0) is 48.5 Å². The van der Waals surface area contributed by atoms with Gasteiger partial charge in [0.25, 0.3) is 20.0 Å². The minimum atomic E-state index is -4.01. The number of benzene rings is 2. The van der Waals surface area contributed by atoms with Crippen LogP contribution in [0.3, 0.4) is 0 Å². The lowest BCUT2D eigenvalue weighted by Crippen LogP contribution is -2.26. The zero-order chi connectivity index (χ0) is 38.7. The third-order valence-corrected chi connectivity index (χ3v) is 12.9. The number of rotatable bonds is 13. The van der Waals surface area contributed by atoms with E-state index >= 15 is 0 Å². The monoisotopic (exact) mass is 814 g/mol. The fourth-order valence-corrected chi connectivity index (χ4v) is 8.84. The van der Waals surface area contributed by atoms with E-state index in [4.69, 9.17) is 18.9 Å². The van der Waals surface area contributed by atoms with Crippen molar-refractivity contribution in [3.05, 3.63) is 84.2 Å². The molecular formula is C36H38N4O10S4. The number of carbonyl (C=O) groups is 2. The van der Waals surface area contributed by atoms with Gasteiger partial charge in [-0.15, -0.1) is 0 Å². The average Bonchev–Trinajstić information content (AvgIpc) is 3.39. The molecule has 2 aliphatic heterocycles. The number of carbonyl (C=O) groups excluding carboxylic acids is 2. The van der Waals surface area contributed by atoms with E-state index in [9.17, 15) is 26.4 Å². The molecule has 0 fully saturated rings. The van der Waals surface area contributed by atoms with E-state index in [1.54, 1.807) is 12.1 Å². The number of nitrogens with one attached hydrogen (secondary N) is 2. The zero-order valence-electron chi connectivity index (χ0n) is 29.8. The Morgan fingerprint density at radius 3 is 1.31 bits per heavy atom. The summed E-state index contributed by atoms with van der Waals surface area (Å²) in [6, 6.07) is 14.5. The van der Waals surface area contributed by atoms with Gasteiger partial charge in [-0.3, -0.25) is 19.0 Å². The molecule has 4 aromatic rings. The fraction of sp³-hybridized carbons (Fsp3) is 0.333. The van der Waals surface area contributed by atoms with Gasteiger partial charge < -0.3 is 18.9 Å². The van der Waals surface area contributed by atoms with E-state index in [1.165, 1.54) is 82.5 Å².